The maximum atomic E-state index is 12.7. The average molecular weight is 461 g/mol. The van der Waals surface area contributed by atoms with Crippen molar-refractivity contribution in [2.24, 2.45) is 5.92 Å². The number of fused-ring (bicyclic) bond motifs is 1. The highest BCUT2D eigenvalue weighted by molar-refractivity contribution is 5.93. The van der Waals surface area contributed by atoms with Gasteiger partial charge in [-0.25, -0.2) is 4.98 Å². The summed E-state index contributed by atoms with van der Waals surface area (Å²) in [5, 5.41) is 7.96. The first-order valence-electron chi connectivity index (χ1n) is 12.4. The number of amides is 1. The molecule has 6 nitrogen and oxygen atoms in total. The number of ether oxygens (including phenoxy) is 1. The molecule has 34 heavy (non-hydrogen) atoms. The summed E-state index contributed by atoms with van der Waals surface area (Å²) in [6.07, 6.45) is 4.51. The van der Waals surface area contributed by atoms with Crippen LogP contribution in [0.15, 0.2) is 60.7 Å². The summed E-state index contributed by atoms with van der Waals surface area (Å²) in [5.74, 6) is 2.14. The molecule has 2 N–H and O–H groups in total. The highest BCUT2D eigenvalue weighted by Crippen LogP contribution is 2.30. The maximum absolute atomic E-state index is 12.7. The lowest BCUT2D eigenvalue weighted by Crippen LogP contribution is -2.41. The number of carbonyl (C=O) groups is 1. The Hall–Kier alpha value is -3.28. The Balaban J connectivity index is 1.27. The zero-order valence-electron chi connectivity index (χ0n) is 20.5. The number of aromatic nitrogens is 1. The quantitative estimate of drug-likeness (QED) is 0.457. The van der Waals surface area contributed by atoms with E-state index in [2.05, 4.69) is 53.9 Å². The number of carbonyl (C=O) groups excluding carboxylic acids is 1. The number of hydrogen-bond acceptors (Lipinski definition) is 5. The maximum Gasteiger partial charge on any atom is 0.261 e. The molecule has 1 saturated carbocycles. The number of nitrogens with one attached hydrogen (secondary N) is 2. The van der Waals surface area contributed by atoms with Crippen LogP contribution in [-0.4, -0.2) is 43.7 Å². The lowest BCUT2D eigenvalue weighted by atomic mass is 9.86. The molecule has 180 valence electrons. The van der Waals surface area contributed by atoms with Gasteiger partial charge >= 0.3 is 0 Å². The van der Waals surface area contributed by atoms with Gasteiger partial charge in [-0.15, -0.1) is 0 Å². The number of benzene rings is 2. The summed E-state index contributed by atoms with van der Waals surface area (Å²) in [4.78, 5) is 19.6. The Morgan fingerprint density at radius 2 is 1.76 bits per heavy atom. The van der Waals surface area contributed by atoms with Gasteiger partial charge in [0.05, 0.1) is 5.52 Å². The minimum absolute atomic E-state index is 0.0248. The minimum Gasteiger partial charge on any atom is -0.481 e. The number of para-hydroxylation sites is 2. The van der Waals surface area contributed by atoms with Crippen LogP contribution in [0, 0.1) is 5.92 Å². The van der Waals surface area contributed by atoms with Crippen molar-refractivity contribution in [3.63, 3.8) is 0 Å². The third-order valence-electron chi connectivity index (χ3n) is 6.62. The average Bonchev–Trinajstić information content (AvgIpc) is 2.86. The van der Waals surface area contributed by atoms with E-state index < -0.39 is 6.10 Å². The third-order valence-corrected chi connectivity index (χ3v) is 6.62. The van der Waals surface area contributed by atoms with E-state index in [1.165, 1.54) is 11.1 Å². The van der Waals surface area contributed by atoms with Crippen molar-refractivity contribution in [1.29, 1.82) is 0 Å². The first kappa shape index (κ1) is 23.9. The van der Waals surface area contributed by atoms with Crippen LogP contribution in [0.4, 0.5) is 11.5 Å². The molecule has 1 fully saturated rings. The van der Waals surface area contributed by atoms with Gasteiger partial charge in [0.25, 0.3) is 5.91 Å². The first-order valence-corrected chi connectivity index (χ1v) is 12.4. The second-order valence-electron chi connectivity index (χ2n) is 9.37. The molecule has 1 aliphatic carbocycles. The topological polar surface area (TPSA) is 66.5 Å². The highest BCUT2D eigenvalue weighted by Gasteiger charge is 2.24. The van der Waals surface area contributed by atoms with Gasteiger partial charge in [-0.3, -0.25) is 4.79 Å². The van der Waals surface area contributed by atoms with Crippen molar-refractivity contribution in [1.82, 2.24) is 10.3 Å². The second-order valence-corrected chi connectivity index (χ2v) is 9.37. The summed E-state index contributed by atoms with van der Waals surface area (Å²) >= 11 is 0. The standard InChI is InChI=1S/C28H36N4O2/c1-4-26(34-22-10-6-5-7-11-22)28(33)29-19-20-14-16-21(17-15-20)30-27-18-25(32(2)3)23-12-8-9-13-24(23)31-27/h5-13,18,20-21,26H,4,14-17,19H2,1-3H3,(H,29,33)(H,30,31)/t20-,21+,26?. The van der Waals surface area contributed by atoms with Crippen LogP contribution >= 0.6 is 0 Å². The zero-order chi connectivity index (χ0) is 23.9. The summed E-state index contributed by atoms with van der Waals surface area (Å²) < 4.78 is 5.87. The summed E-state index contributed by atoms with van der Waals surface area (Å²) in [7, 11) is 4.14. The highest BCUT2D eigenvalue weighted by atomic mass is 16.5. The van der Waals surface area contributed by atoms with Crippen molar-refractivity contribution in [2.45, 2.75) is 51.2 Å². The molecule has 0 radical (unpaired) electrons. The van der Waals surface area contributed by atoms with Gasteiger partial charge < -0.3 is 20.3 Å². The van der Waals surface area contributed by atoms with Gasteiger partial charge in [-0.2, -0.15) is 0 Å². The van der Waals surface area contributed by atoms with E-state index in [0.29, 0.717) is 24.9 Å². The Bertz CT molecular complexity index is 1080. The van der Waals surface area contributed by atoms with E-state index in [1.54, 1.807) is 0 Å². The van der Waals surface area contributed by atoms with E-state index >= 15 is 0 Å². The van der Waals surface area contributed by atoms with Crippen LogP contribution in [0.2, 0.25) is 0 Å². The molecular weight excluding hydrogens is 424 g/mol. The fourth-order valence-electron chi connectivity index (χ4n) is 4.67. The van der Waals surface area contributed by atoms with Crippen LogP contribution < -0.4 is 20.3 Å². The third kappa shape index (κ3) is 5.99. The molecule has 2 aromatic carbocycles. The van der Waals surface area contributed by atoms with Gasteiger partial charge in [0.15, 0.2) is 6.10 Å². The molecule has 1 aromatic heterocycles. The largest absolute Gasteiger partial charge is 0.481 e. The van der Waals surface area contributed by atoms with Crippen LogP contribution in [-0.2, 0) is 4.79 Å². The van der Waals surface area contributed by atoms with E-state index in [1.807, 2.05) is 43.3 Å². The zero-order valence-corrected chi connectivity index (χ0v) is 20.5. The van der Waals surface area contributed by atoms with E-state index in [-0.39, 0.29) is 5.91 Å². The molecule has 0 bridgehead atoms. The van der Waals surface area contributed by atoms with Crippen molar-refractivity contribution in [3.8, 4) is 5.75 Å². The molecule has 0 aliphatic heterocycles. The van der Waals surface area contributed by atoms with Gasteiger partial charge in [-0.05, 0) is 56.2 Å². The molecule has 1 amide bonds. The van der Waals surface area contributed by atoms with Gasteiger partial charge in [-0.1, -0.05) is 43.3 Å². The Morgan fingerprint density at radius 1 is 1.06 bits per heavy atom. The van der Waals surface area contributed by atoms with Gasteiger partial charge in [0, 0.05) is 43.8 Å². The lowest BCUT2D eigenvalue weighted by Gasteiger charge is -2.30. The SMILES string of the molecule is CCC(Oc1ccccc1)C(=O)NC[C@H]1CC[C@@H](Nc2cc(N(C)C)c3ccccc3n2)CC1. The number of rotatable bonds is 9. The van der Waals surface area contributed by atoms with Crippen molar-refractivity contribution >= 4 is 28.3 Å². The van der Waals surface area contributed by atoms with E-state index in [4.69, 9.17) is 9.72 Å². The summed E-state index contributed by atoms with van der Waals surface area (Å²) in [6.45, 7) is 2.69. The monoisotopic (exact) mass is 460 g/mol. The normalized spacial score (nSPS) is 18.8. The predicted octanol–water partition coefficient (Wildman–Crippen LogP) is 5.25. The Kier molecular flexibility index (Phi) is 7.88. The van der Waals surface area contributed by atoms with E-state index in [0.717, 1.165) is 42.8 Å². The number of pyridine rings is 1. The molecule has 1 heterocycles. The Morgan fingerprint density at radius 3 is 2.47 bits per heavy atom. The first-order chi connectivity index (χ1) is 16.5. The predicted molar refractivity (Wildman–Crippen MR) is 140 cm³/mol. The second kappa shape index (κ2) is 11.2. The molecule has 3 aromatic rings. The van der Waals surface area contributed by atoms with Gasteiger partial charge in [0.1, 0.15) is 11.6 Å². The number of nitrogens with zero attached hydrogens (tertiary/aromatic N) is 2. The fourth-order valence-corrected chi connectivity index (χ4v) is 4.67. The van der Waals surface area contributed by atoms with Gasteiger partial charge in [0.2, 0.25) is 0 Å². The molecule has 1 atom stereocenters. The van der Waals surface area contributed by atoms with Crippen molar-refractivity contribution in [2.75, 3.05) is 30.9 Å². The molecule has 6 heteroatoms. The Labute approximate surface area is 202 Å². The van der Waals surface area contributed by atoms with Crippen LogP contribution in [0.5, 0.6) is 5.75 Å². The molecule has 0 spiro atoms. The molecule has 4 rings (SSSR count). The van der Waals surface area contributed by atoms with Crippen molar-refractivity contribution in [3.05, 3.63) is 60.7 Å². The van der Waals surface area contributed by atoms with Crippen molar-refractivity contribution < 1.29 is 9.53 Å². The number of hydrogen-bond donors (Lipinski definition) is 2. The number of anilines is 2. The van der Waals surface area contributed by atoms with Crippen LogP contribution in [0.1, 0.15) is 39.0 Å². The molecular formula is C28H36N4O2. The molecule has 0 saturated heterocycles. The minimum atomic E-state index is -0.453. The van der Waals surface area contributed by atoms with Crippen LogP contribution in [0.3, 0.4) is 0 Å². The summed E-state index contributed by atoms with van der Waals surface area (Å²) in [6, 6.07) is 20.4. The smallest absolute Gasteiger partial charge is 0.261 e. The molecule has 1 aliphatic rings. The van der Waals surface area contributed by atoms with Crippen LogP contribution in [0.25, 0.3) is 10.9 Å². The molecule has 1 unspecified atom stereocenters. The van der Waals surface area contributed by atoms with E-state index in [9.17, 15) is 4.79 Å². The summed E-state index contributed by atoms with van der Waals surface area (Å²) in [5.41, 5.74) is 2.18. The lowest BCUT2D eigenvalue weighted by molar-refractivity contribution is -0.128. The fraction of sp³-hybridized carbons (Fsp3) is 0.429.